The Morgan fingerprint density at radius 1 is 1.09 bits per heavy atom. The Balaban J connectivity index is 1.96. The quantitative estimate of drug-likeness (QED) is 0.834. The van der Waals surface area contributed by atoms with Crippen LogP contribution in [0.15, 0.2) is 42.5 Å². The molecule has 0 radical (unpaired) electrons. The number of hydrogen-bond donors (Lipinski definition) is 2. The molecular weight excluding hydrogens is 323 g/mol. The lowest BCUT2D eigenvalue weighted by molar-refractivity contribution is 0.249. The molecule has 0 spiro atoms. The fraction of sp³-hybridized carbons (Fsp3) is 0.188. The van der Waals surface area contributed by atoms with E-state index < -0.39 is 0 Å². The van der Waals surface area contributed by atoms with Gasteiger partial charge in [0, 0.05) is 5.69 Å². The molecule has 0 aliphatic rings. The van der Waals surface area contributed by atoms with Gasteiger partial charge in [0.15, 0.2) is 0 Å². The molecule has 0 bridgehead atoms. The smallest absolute Gasteiger partial charge is 0.319 e. The van der Waals surface area contributed by atoms with E-state index in [1.54, 1.807) is 25.3 Å². The van der Waals surface area contributed by atoms with Gasteiger partial charge in [-0.05, 0) is 42.8 Å². The highest BCUT2D eigenvalue weighted by atomic mass is 35.5. The van der Waals surface area contributed by atoms with Gasteiger partial charge in [0.25, 0.3) is 0 Å². The number of halogens is 2. The molecule has 0 fully saturated rings. The van der Waals surface area contributed by atoms with E-state index in [1.807, 2.05) is 31.2 Å². The second-order valence-electron chi connectivity index (χ2n) is 4.72. The highest BCUT2D eigenvalue weighted by Crippen LogP contribution is 2.25. The van der Waals surface area contributed by atoms with Crippen LogP contribution < -0.4 is 15.4 Å². The molecule has 2 rings (SSSR count). The summed E-state index contributed by atoms with van der Waals surface area (Å²) in [5, 5.41) is 6.40. The van der Waals surface area contributed by atoms with E-state index in [1.165, 1.54) is 0 Å². The summed E-state index contributed by atoms with van der Waals surface area (Å²) >= 11 is 11.7. The molecule has 0 saturated heterocycles. The molecule has 1 unspecified atom stereocenters. The van der Waals surface area contributed by atoms with Crippen LogP contribution in [0.4, 0.5) is 10.5 Å². The number of carbonyl (C=O) groups is 1. The lowest BCUT2D eigenvalue weighted by Gasteiger charge is -2.15. The average molecular weight is 339 g/mol. The minimum Gasteiger partial charge on any atom is -0.497 e. The van der Waals surface area contributed by atoms with E-state index in [-0.39, 0.29) is 12.1 Å². The van der Waals surface area contributed by atoms with Gasteiger partial charge in [-0.25, -0.2) is 4.79 Å². The fourth-order valence-electron chi connectivity index (χ4n) is 1.91. The van der Waals surface area contributed by atoms with Crippen molar-refractivity contribution in [3.63, 3.8) is 0 Å². The van der Waals surface area contributed by atoms with Gasteiger partial charge in [0.1, 0.15) is 5.75 Å². The summed E-state index contributed by atoms with van der Waals surface area (Å²) in [7, 11) is 1.61. The van der Waals surface area contributed by atoms with Crippen LogP contribution in [0.2, 0.25) is 10.0 Å². The summed E-state index contributed by atoms with van der Waals surface area (Å²) in [5.41, 5.74) is 1.55. The van der Waals surface area contributed by atoms with Gasteiger partial charge in [0.2, 0.25) is 0 Å². The fourth-order valence-corrected chi connectivity index (χ4v) is 2.21. The number of ether oxygens (including phenoxy) is 1. The van der Waals surface area contributed by atoms with Crippen molar-refractivity contribution in [1.82, 2.24) is 5.32 Å². The van der Waals surface area contributed by atoms with Crippen molar-refractivity contribution in [2.24, 2.45) is 0 Å². The SMILES string of the molecule is COc1ccc(C(C)NC(=O)Nc2ccc(Cl)c(Cl)c2)cc1. The number of methoxy groups -OCH3 is 1. The zero-order chi connectivity index (χ0) is 16.1. The number of nitrogens with one attached hydrogen (secondary N) is 2. The number of carbonyl (C=O) groups excluding carboxylic acids is 1. The van der Waals surface area contributed by atoms with Crippen molar-refractivity contribution >= 4 is 34.9 Å². The summed E-state index contributed by atoms with van der Waals surface area (Å²) in [6.07, 6.45) is 0. The molecule has 0 saturated carbocycles. The monoisotopic (exact) mass is 338 g/mol. The van der Waals surface area contributed by atoms with Crippen LogP contribution in [0.1, 0.15) is 18.5 Å². The molecule has 116 valence electrons. The highest BCUT2D eigenvalue weighted by molar-refractivity contribution is 6.42. The first-order valence-electron chi connectivity index (χ1n) is 6.66. The predicted molar refractivity (Wildman–Crippen MR) is 90.0 cm³/mol. The van der Waals surface area contributed by atoms with Crippen molar-refractivity contribution in [3.05, 3.63) is 58.1 Å². The zero-order valence-electron chi connectivity index (χ0n) is 12.2. The summed E-state index contributed by atoms with van der Waals surface area (Å²) in [6, 6.07) is 12.0. The van der Waals surface area contributed by atoms with E-state index in [4.69, 9.17) is 27.9 Å². The van der Waals surface area contributed by atoms with E-state index in [0.717, 1.165) is 11.3 Å². The first-order chi connectivity index (χ1) is 10.5. The molecule has 2 aromatic rings. The number of anilines is 1. The van der Waals surface area contributed by atoms with Crippen LogP contribution in [0, 0.1) is 0 Å². The molecule has 1 atom stereocenters. The number of benzene rings is 2. The number of amides is 2. The topological polar surface area (TPSA) is 50.4 Å². The molecule has 2 aromatic carbocycles. The molecule has 6 heteroatoms. The van der Waals surface area contributed by atoms with Crippen LogP contribution >= 0.6 is 23.2 Å². The van der Waals surface area contributed by atoms with Crippen molar-refractivity contribution < 1.29 is 9.53 Å². The maximum Gasteiger partial charge on any atom is 0.319 e. The Morgan fingerprint density at radius 3 is 2.36 bits per heavy atom. The van der Waals surface area contributed by atoms with Crippen molar-refractivity contribution in [1.29, 1.82) is 0 Å². The lowest BCUT2D eigenvalue weighted by Crippen LogP contribution is -2.31. The third kappa shape index (κ3) is 4.29. The maximum absolute atomic E-state index is 12.0. The standard InChI is InChI=1S/C16H16Cl2N2O2/c1-10(11-3-6-13(22-2)7-4-11)19-16(21)20-12-5-8-14(17)15(18)9-12/h3-10H,1-2H3,(H2,19,20,21). The van der Waals surface area contributed by atoms with Gasteiger partial charge in [-0.3, -0.25) is 0 Å². The van der Waals surface area contributed by atoms with Crippen LogP contribution in [-0.4, -0.2) is 13.1 Å². The van der Waals surface area contributed by atoms with Crippen LogP contribution in [-0.2, 0) is 0 Å². The lowest BCUT2D eigenvalue weighted by atomic mass is 10.1. The summed E-state index contributed by atoms with van der Waals surface area (Å²) in [5.74, 6) is 0.774. The molecule has 0 aromatic heterocycles. The summed E-state index contributed by atoms with van der Waals surface area (Å²) in [6.45, 7) is 1.90. The van der Waals surface area contributed by atoms with Gasteiger partial charge >= 0.3 is 6.03 Å². The van der Waals surface area contributed by atoms with E-state index in [2.05, 4.69) is 10.6 Å². The number of urea groups is 1. The van der Waals surface area contributed by atoms with Gasteiger partial charge in [0.05, 0.1) is 23.2 Å². The molecule has 2 amide bonds. The number of rotatable bonds is 4. The minimum atomic E-state index is -0.318. The summed E-state index contributed by atoms with van der Waals surface area (Å²) in [4.78, 5) is 12.0. The molecule has 22 heavy (non-hydrogen) atoms. The van der Waals surface area contributed by atoms with Crippen molar-refractivity contribution in [2.45, 2.75) is 13.0 Å². The Bertz CT molecular complexity index is 660. The Kier molecular flexibility index (Phi) is 5.52. The first-order valence-corrected chi connectivity index (χ1v) is 7.41. The molecule has 2 N–H and O–H groups in total. The molecule has 4 nitrogen and oxygen atoms in total. The van der Waals surface area contributed by atoms with Gasteiger partial charge in [-0.15, -0.1) is 0 Å². The molecule has 0 heterocycles. The van der Waals surface area contributed by atoms with E-state index >= 15 is 0 Å². The van der Waals surface area contributed by atoms with Crippen molar-refractivity contribution in [2.75, 3.05) is 12.4 Å². The van der Waals surface area contributed by atoms with E-state index in [9.17, 15) is 4.79 Å². The predicted octanol–water partition coefficient (Wildman–Crippen LogP) is 4.88. The maximum atomic E-state index is 12.0. The minimum absolute atomic E-state index is 0.145. The van der Waals surface area contributed by atoms with Crippen LogP contribution in [0.3, 0.4) is 0 Å². The second-order valence-corrected chi connectivity index (χ2v) is 5.54. The Labute approximate surface area is 139 Å². The molecule has 0 aliphatic heterocycles. The Morgan fingerprint density at radius 2 is 1.77 bits per heavy atom. The zero-order valence-corrected chi connectivity index (χ0v) is 13.7. The Hall–Kier alpha value is -1.91. The number of hydrogen-bond acceptors (Lipinski definition) is 2. The van der Waals surface area contributed by atoms with Gasteiger partial charge < -0.3 is 15.4 Å². The average Bonchev–Trinajstić information content (AvgIpc) is 2.51. The highest BCUT2D eigenvalue weighted by Gasteiger charge is 2.10. The second kappa shape index (κ2) is 7.38. The molecule has 0 aliphatic carbocycles. The third-order valence-corrected chi connectivity index (χ3v) is 3.88. The normalized spacial score (nSPS) is 11.6. The molecular formula is C16H16Cl2N2O2. The van der Waals surface area contributed by atoms with E-state index in [0.29, 0.717) is 15.7 Å². The summed E-state index contributed by atoms with van der Waals surface area (Å²) < 4.78 is 5.11. The van der Waals surface area contributed by atoms with Gasteiger partial charge in [-0.1, -0.05) is 35.3 Å². The largest absolute Gasteiger partial charge is 0.497 e. The van der Waals surface area contributed by atoms with Gasteiger partial charge in [-0.2, -0.15) is 0 Å². The first kappa shape index (κ1) is 16.5. The van der Waals surface area contributed by atoms with Crippen molar-refractivity contribution in [3.8, 4) is 5.75 Å². The van der Waals surface area contributed by atoms with Crippen LogP contribution in [0.25, 0.3) is 0 Å². The third-order valence-electron chi connectivity index (χ3n) is 3.14. The van der Waals surface area contributed by atoms with Crippen LogP contribution in [0.5, 0.6) is 5.75 Å².